The number of anilines is 1. The van der Waals surface area contributed by atoms with Crippen LogP contribution in [-0.4, -0.2) is 61.2 Å². The zero-order valence-corrected chi connectivity index (χ0v) is 19.0. The molecule has 0 amide bonds. The van der Waals surface area contributed by atoms with E-state index in [1.54, 1.807) is 0 Å². The minimum absolute atomic E-state index is 0.400. The molecule has 1 aromatic rings. The fraction of sp³-hybridized carbons (Fsp3) is 0.727. The largest absolute Gasteiger partial charge is 0.357 e. The highest BCUT2D eigenvalue weighted by molar-refractivity contribution is 5.80. The minimum Gasteiger partial charge on any atom is -0.357 e. The first-order chi connectivity index (χ1) is 13.6. The monoisotopic (exact) mass is 390 g/mol. The molecule has 0 fully saturated rings. The molecule has 0 aliphatic heterocycles. The molecule has 0 saturated carbocycles. The van der Waals surface area contributed by atoms with Gasteiger partial charge in [-0.25, -0.2) is 9.98 Å². The van der Waals surface area contributed by atoms with Crippen LogP contribution in [0.15, 0.2) is 23.3 Å². The second-order valence-electron chi connectivity index (χ2n) is 7.11. The van der Waals surface area contributed by atoms with E-state index in [1.165, 1.54) is 6.42 Å². The number of aromatic nitrogens is 1. The molecular formula is C22H42N6. The molecule has 0 aliphatic rings. The van der Waals surface area contributed by atoms with Gasteiger partial charge in [0.1, 0.15) is 5.82 Å². The average molecular weight is 391 g/mol. The van der Waals surface area contributed by atoms with E-state index >= 15 is 0 Å². The molecule has 0 spiro atoms. The van der Waals surface area contributed by atoms with Gasteiger partial charge in [0.15, 0.2) is 5.96 Å². The molecule has 160 valence electrons. The Kier molecular flexibility index (Phi) is 12.3. The van der Waals surface area contributed by atoms with Crippen molar-refractivity contribution in [2.45, 2.75) is 67.0 Å². The van der Waals surface area contributed by atoms with Gasteiger partial charge >= 0.3 is 0 Å². The van der Waals surface area contributed by atoms with Crippen molar-refractivity contribution >= 4 is 11.8 Å². The van der Waals surface area contributed by atoms with Crippen LogP contribution in [0.4, 0.5) is 5.82 Å². The van der Waals surface area contributed by atoms with E-state index < -0.39 is 0 Å². The molecular weight excluding hydrogens is 348 g/mol. The van der Waals surface area contributed by atoms with E-state index in [2.05, 4.69) is 79.1 Å². The van der Waals surface area contributed by atoms with Crippen LogP contribution in [0.3, 0.4) is 0 Å². The summed E-state index contributed by atoms with van der Waals surface area (Å²) in [5.41, 5.74) is 1.13. The molecule has 0 radical (unpaired) electrons. The average Bonchev–Trinajstić information content (AvgIpc) is 2.71. The zero-order valence-electron chi connectivity index (χ0n) is 19.0. The first-order valence-corrected chi connectivity index (χ1v) is 11.0. The van der Waals surface area contributed by atoms with E-state index in [0.717, 1.165) is 63.0 Å². The Morgan fingerprint density at radius 1 is 1.07 bits per heavy atom. The van der Waals surface area contributed by atoms with Gasteiger partial charge in [-0.3, -0.25) is 0 Å². The summed E-state index contributed by atoms with van der Waals surface area (Å²) in [6.45, 7) is 20.0. The number of guanidine groups is 1. The van der Waals surface area contributed by atoms with E-state index in [0.29, 0.717) is 12.6 Å². The lowest BCUT2D eigenvalue weighted by Crippen LogP contribution is -2.42. The van der Waals surface area contributed by atoms with Crippen LogP contribution >= 0.6 is 0 Å². The summed E-state index contributed by atoms with van der Waals surface area (Å²) in [7, 11) is 0. The molecule has 0 aromatic carbocycles. The lowest BCUT2D eigenvalue weighted by Gasteiger charge is -2.21. The van der Waals surface area contributed by atoms with Gasteiger partial charge in [0.2, 0.25) is 0 Å². The fourth-order valence-corrected chi connectivity index (χ4v) is 3.20. The van der Waals surface area contributed by atoms with Gasteiger partial charge in [-0.1, -0.05) is 19.9 Å². The standard InChI is InChI=1S/C22H42N6/c1-7-23-22(26-19(6)13-12-16-27(8-2)9-3)25-18-20-14-15-21(24-17-20)28(10-4)11-5/h14-15,17,19H,7-13,16,18H2,1-6H3,(H2,23,25,26). The van der Waals surface area contributed by atoms with Gasteiger partial charge in [0.05, 0.1) is 6.54 Å². The SMILES string of the molecule is CCNC(=NCc1ccc(N(CC)CC)nc1)NC(C)CCCN(CC)CC. The Morgan fingerprint density at radius 3 is 2.32 bits per heavy atom. The molecule has 1 unspecified atom stereocenters. The van der Waals surface area contributed by atoms with Crippen LogP contribution in [0, 0.1) is 0 Å². The molecule has 2 N–H and O–H groups in total. The molecule has 1 atom stereocenters. The summed E-state index contributed by atoms with van der Waals surface area (Å²) in [6.07, 6.45) is 4.28. The van der Waals surface area contributed by atoms with Gasteiger partial charge in [0.25, 0.3) is 0 Å². The zero-order chi connectivity index (χ0) is 20.8. The third-order valence-corrected chi connectivity index (χ3v) is 5.05. The molecule has 1 heterocycles. The Bertz CT molecular complexity index is 534. The van der Waals surface area contributed by atoms with Crippen molar-refractivity contribution in [3.8, 4) is 0 Å². The van der Waals surface area contributed by atoms with Crippen LogP contribution in [0.2, 0.25) is 0 Å². The normalized spacial score (nSPS) is 12.9. The van der Waals surface area contributed by atoms with E-state index in [-0.39, 0.29) is 0 Å². The maximum atomic E-state index is 4.74. The second-order valence-corrected chi connectivity index (χ2v) is 7.11. The molecule has 1 aromatic heterocycles. The first kappa shape index (κ1) is 24.2. The Morgan fingerprint density at radius 2 is 1.79 bits per heavy atom. The highest BCUT2D eigenvalue weighted by Crippen LogP contribution is 2.11. The summed E-state index contributed by atoms with van der Waals surface area (Å²) >= 11 is 0. The van der Waals surface area contributed by atoms with Crippen molar-refractivity contribution in [1.29, 1.82) is 0 Å². The van der Waals surface area contributed by atoms with Crippen molar-refractivity contribution in [3.63, 3.8) is 0 Å². The van der Waals surface area contributed by atoms with Gasteiger partial charge in [0, 0.05) is 31.9 Å². The summed E-state index contributed by atoms with van der Waals surface area (Å²) < 4.78 is 0. The Hall–Kier alpha value is -1.82. The lowest BCUT2D eigenvalue weighted by molar-refractivity contribution is 0.292. The second kappa shape index (κ2) is 14.2. The van der Waals surface area contributed by atoms with Crippen LogP contribution in [0.25, 0.3) is 0 Å². The summed E-state index contributed by atoms with van der Waals surface area (Å²) in [5, 5.41) is 6.89. The van der Waals surface area contributed by atoms with Gasteiger partial charge in [-0.2, -0.15) is 0 Å². The number of aliphatic imine (C=N–C) groups is 1. The predicted octanol–water partition coefficient (Wildman–Crippen LogP) is 3.49. The van der Waals surface area contributed by atoms with Crippen LogP contribution < -0.4 is 15.5 Å². The van der Waals surface area contributed by atoms with Crippen LogP contribution in [-0.2, 0) is 6.54 Å². The number of nitrogens with zero attached hydrogens (tertiary/aromatic N) is 4. The van der Waals surface area contributed by atoms with Crippen molar-refractivity contribution in [2.24, 2.45) is 4.99 Å². The fourth-order valence-electron chi connectivity index (χ4n) is 3.20. The highest BCUT2D eigenvalue weighted by Gasteiger charge is 2.07. The topological polar surface area (TPSA) is 55.8 Å². The quantitative estimate of drug-likeness (QED) is 0.399. The molecule has 6 heteroatoms. The number of nitrogens with one attached hydrogen (secondary N) is 2. The van der Waals surface area contributed by atoms with Gasteiger partial charge in [-0.05, 0) is 71.8 Å². The van der Waals surface area contributed by atoms with Crippen molar-refractivity contribution in [1.82, 2.24) is 20.5 Å². The lowest BCUT2D eigenvalue weighted by atomic mass is 10.2. The molecule has 1 rings (SSSR count). The molecule has 0 saturated heterocycles. The van der Waals surface area contributed by atoms with E-state index in [4.69, 9.17) is 4.99 Å². The number of pyridine rings is 1. The first-order valence-electron chi connectivity index (χ1n) is 11.0. The predicted molar refractivity (Wildman–Crippen MR) is 122 cm³/mol. The maximum Gasteiger partial charge on any atom is 0.191 e. The summed E-state index contributed by atoms with van der Waals surface area (Å²) in [4.78, 5) is 14.1. The van der Waals surface area contributed by atoms with Crippen molar-refractivity contribution in [3.05, 3.63) is 23.9 Å². The summed E-state index contributed by atoms with van der Waals surface area (Å²) in [5.74, 6) is 1.91. The maximum absolute atomic E-state index is 4.74. The van der Waals surface area contributed by atoms with E-state index in [1.807, 2.05) is 6.20 Å². The molecule has 6 nitrogen and oxygen atoms in total. The van der Waals surface area contributed by atoms with Crippen LogP contribution in [0.5, 0.6) is 0 Å². The van der Waals surface area contributed by atoms with Gasteiger partial charge in [-0.15, -0.1) is 0 Å². The molecule has 0 aliphatic carbocycles. The third-order valence-electron chi connectivity index (χ3n) is 5.05. The molecule has 0 bridgehead atoms. The van der Waals surface area contributed by atoms with Crippen LogP contribution in [0.1, 0.15) is 59.9 Å². The Labute approximate surface area is 172 Å². The number of hydrogen-bond donors (Lipinski definition) is 2. The third kappa shape index (κ3) is 8.91. The summed E-state index contributed by atoms with van der Waals surface area (Å²) in [6, 6.07) is 4.62. The van der Waals surface area contributed by atoms with Crippen molar-refractivity contribution < 1.29 is 0 Å². The van der Waals surface area contributed by atoms with Crippen molar-refractivity contribution in [2.75, 3.05) is 44.2 Å². The van der Waals surface area contributed by atoms with Gasteiger partial charge < -0.3 is 20.4 Å². The molecule has 28 heavy (non-hydrogen) atoms. The number of hydrogen-bond acceptors (Lipinski definition) is 4. The minimum atomic E-state index is 0.400. The van der Waals surface area contributed by atoms with E-state index in [9.17, 15) is 0 Å². The highest BCUT2D eigenvalue weighted by atomic mass is 15.2. The Balaban J connectivity index is 2.56. The number of rotatable bonds is 13. The smallest absolute Gasteiger partial charge is 0.191 e.